The minimum atomic E-state index is -0.0351. The molecule has 6 heteroatoms. The van der Waals surface area contributed by atoms with Gasteiger partial charge in [-0.05, 0) is 30.7 Å². The third-order valence-corrected chi connectivity index (χ3v) is 4.47. The van der Waals surface area contributed by atoms with Crippen LogP contribution in [0.3, 0.4) is 0 Å². The van der Waals surface area contributed by atoms with Gasteiger partial charge in [0.25, 0.3) is 5.91 Å². The van der Waals surface area contributed by atoms with E-state index in [1.807, 2.05) is 35.9 Å². The van der Waals surface area contributed by atoms with E-state index in [1.165, 1.54) is 0 Å². The third-order valence-electron chi connectivity index (χ3n) is 3.94. The zero-order chi connectivity index (χ0) is 15.5. The standard InChI is InChI=1S/C16H19BrN4O/c1-2-15-14(16(22)19-9-11-7-18-8-11)10-20-21(15)13-5-3-12(17)4-6-13/h3-6,10-11,18H,2,7-9H2,1H3,(H,19,22). The van der Waals surface area contributed by atoms with E-state index in [1.54, 1.807) is 6.20 Å². The van der Waals surface area contributed by atoms with Crippen LogP contribution in [-0.4, -0.2) is 35.3 Å². The van der Waals surface area contributed by atoms with Crippen LogP contribution >= 0.6 is 15.9 Å². The van der Waals surface area contributed by atoms with Crippen molar-refractivity contribution >= 4 is 21.8 Å². The summed E-state index contributed by atoms with van der Waals surface area (Å²) in [5.41, 5.74) is 2.56. The van der Waals surface area contributed by atoms with E-state index in [2.05, 4.69) is 31.7 Å². The lowest BCUT2D eigenvalue weighted by Crippen LogP contribution is -2.48. The summed E-state index contributed by atoms with van der Waals surface area (Å²) in [4.78, 5) is 12.4. The Hall–Kier alpha value is -1.66. The number of carbonyl (C=O) groups excluding carboxylic acids is 1. The van der Waals surface area contributed by atoms with Crippen molar-refractivity contribution in [1.82, 2.24) is 20.4 Å². The lowest BCUT2D eigenvalue weighted by Gasteiger charge is -2.27. The number of hydrogen-bond acceptors (Lipinski definition) is 3. The number of rotatable bonds is 5. The zero-order valence-corrected chi connectivity index (χ0v) is 14.1. The van der Waals surface area contributed by atoms with Gasteiger partial charge >= 0.3 is 0 Å². The monoisotopic (exact) mass is 362 g/mol. The Morgan fingerprint density at radius 3 is 2.73 bits per heavy atom. The first kappa shape index (κ1) is 15.2. The Morgan fingerprint density at radius 2 is 2.14 bits per heavy atom. The highest BCUT2D eigenvalue weighted by molar-refractivity contribution is 9.10. The number of hydrogen-bond donors (Lipinski definition) is 2. The summed E-state index contributed by atoms with van der Waals surface area (Å²) < 4.78 is 2.86. The molecule has 1 aliphatic heterocycles. The molecule has 1 aromatic heterocycles. The van der Waals surface area contributed by atoms with Crippen LogP contribution in [-0.2, 0) is 6.42 Å². The summed E-state index contributed by atoms with van der Waals surface area (Å²) in [7, 11) is 0. The van der Waals surface area contributed by atoms with Crippen molar-refractivity contribution in [2.45, 2.75) is 13.3 Å². The van der Waals surface area contributed by atoms with E-state index in [0.29, 0.717) is 11.5 Å². The van der Waals surface area contributed by atoms with E-state index < -0.39 is 0 Å². The Labute approximate surface area is 138 Å². The molecule has 5 nitrogen and oxygen atoms in total. The third kappa shape index (κ3) is 3.08. The van der Waals surface area contributed by atoms with Gasteiger partial charge in [-0.2, -0.15) is 5.10 Å². The Bertz CT molecular complexity index is 661. The van der Waals surface area contributed by atoms with Crippen molar-refractivity contribution in [3.8, 4) is 5.69 Å². The number of nitrogens with one attached hydrogen (secondary N) is 2. The molecule has 2 heterocycles. The fourth-order valence-corrected chi connectivity index (χ4v) is 2.80. The highest BCUT2D eigenvalue weighted by Gasteiger charge is 2.20. The van der Waals surface area contributed by atoms with E-state index in [0.717, 1.165) is 41.9 Å². The summed E-state index contributed by atoms with van der Waals surface area (Å²) >= 11 is 3.43. The molecule has 1 aromatic carbocycles. The SMILES string of the molecule is CCc1c(C(=O)NCC2CNC2)cnn1-c1ccc(Br)cc1. The Morgan fingerprint density at radius 1 is 1.41 bits per heavy atom. The maximum atomic E-state index is 12.4. The molecule has 116 valence electrons. The predicted molar refractivity (Wildman–Crippen MR) is 89.3 cm³/mol. The molecule has 1 aliphatic rings. The van der Waals surface area contributed by atoms with Crippen LogP contribution < -0.4 is 10.6 Å². The topological polar surface area (TPSA) is 59.0 Å². The molecule has 0 radical (unpaired) electrons. The average molecular weight is 363 g/mol. The van der Waals surface area contributed by atoms with Gasteiger partial charge in [0.2, 0.25) is 0 Å². The van der Waals surface area contributed by atoms with Crippen LogP contribution in [0, 0.1) is 5.92 Å². The molecule has 22 heavy (non-hydrogen) atoms. The fourth-order valence-electron chi connectivity index (χ4n) is 2.53. The lowest BCUT2D eigenvalue weighted by atomic mass is 10.0. The fraction of sp³-hybridized carbons (Fsp3) is 0.375. The van der Waals surface area contributed by atoms with Gasteiger partial charge in [-0.1, -0.05) is 22.9 Å². The largest absolute Gasteiger partial charge is 0.352 e. The van der Waals surface area contributed by atoms with Crippen molar-refractivity contribution in [2.24, 2.45) is 5.92 Å². The number of benzene rings is 1. The quantitative estimate of drug-likeness (QED) is 0.856. The predicted octanol–water partition coefficient (Wildman–Crippen LogP) is 2.15. The van der Waals surface area contributed by atoms with Gasteiger partial charge in [0.15, 0.2) is 0 Å². The maximum Gasteiger partial charge on any atom is 0.254 e. The van der Waals surface area contributed by atoms with Crippen molar-refractivity contribution in [1.29, 1.82) is 0 Å². The van der Waals surface area contributed by atoms with Crippen LogP contribution in [0.1, 0.15) is 23.0 Å². The Balaban J connectivity index is 1.80. The number of halogens is 1. The molecule has 3 rings (SSSR count). The number of nitrogens with zero attached hydrogens (tertiary/aromatic N) is 2. The molecule has 0 aliphatic carbocycles. The van der Waals surface area contributed by atoms with Crippen LogP contribution in [0.15, 0.2) is 34.9 Å². The summed E-state index contributed by atoms with van der Waals surface area (Å²) in [6.45, 7) is 4.73. The molecule has 2 N–H and O–H groups in total. The van der Waals surface area contributed by atoms with Gasteiger partial charge in [0, 0.05) is 30.0 Å². The molecule has 1 saturated heterocycles. The van der Waals surface area contributed by atoms with Crippen LogP contribution in [0.25, 0.3) is 5.69 Å². The second-order valence-corrected chi connectivity index (χ2v) is 6.40. The molecule has 0 spiro atoms. The van der Waals surface area contributed by atoms with Crippen LogP contribution in [0.5, 0.6) is 0 Å². The molecule has 0 saturated carbocycles. The molecular weight excluding hydrogens is 344 g/mol. The molecule has 1 fully saturated rings. The molecule has 0 bridgehead atoms. The molecule has 2 aromatic rings. The zero-order valence-electron chi connectivity index (χ0n) is 12.5. The minimum Gasteiger partial charge on any atom is -0.352 e. The van der Waals surface area contributed by atoms with E-state index >= 15 is 0 Å². The van der Waals surface area contributed by atoms with Crippen LogP contribution in [0.4, 0.5) is 0 Å². The van der Waals surface area contributed by atoms with Gasteiger partial charge in [0.05, 0.1) is 23.1 Å². The summed E-state index contributed by atoms with van der Waals surface area (Å²) in [6, 6.07) is 7.91. The van der Waals surface area contributed by atoms with Crippen molar-refractivity contribution in [3.05, 3.63) is 46.2 Å². The highest BCUT2D eigenvalue weighted by Crippen LogP contribution is 2.18. The Kier molecular flexibility index (Phi) is 4.59. The summed E-state index contributed by atoms with van der Waals surface area (Å²) in [6.07, 6.45) is 2.42. The van der Waals surface area contributed by atoms with E-state index in [4.69, 9.17) is 0 Å². The highest BCUT2D eigenvalue weighted by atomic mass is 79.9. The van der Waals surface area contributed by atoms with Gasteiger partial charge in [-0.15, -0.1) is 0 Å². The molecule has 0 unspecified atom stereocenters. The van der Waals surface area contributed by atoms with Crippen molar-refractivity contribution in [3.63, 3.8) is 0 Å². The molecular formula is C16H19BrN4O. The number of aromatic nitrogens is 2. The lowest BCUT2D eigenvalue weighted by molar-refractivity contribution is 0.0941. The van der Waals surface area contributed by atoms with E-state index in [-0.39, 0.29) is 5.91 Å². The van der Waals surface area contributed by atoms with Gasteiger partial charge in [0.1, 0.15) is 0 Å². The average Bonchev–Trinajstić information content (AvgIpc) is 2.90. The van der Waals surface area contributed by atoms with Gasteiger partial charge < -0.3 is 10.6 Å². The first-order chi connectivity index (χ1) is 10.7. The number of carbonyl (C=O) groups is 1. The maximum absolute atomic E-state index is 12.4. The van der Waals surface area contributed by atoms with Gasteiger partial charge in [-0.25, -0.2) is 4.68 Å². The minimum absolute atomic E-state index is 0.0351. The number of amides is 1. The van der Waals surface area contributed by atoms with Crippen LogP contribution in [0.2, 0.25) is 0 Å². The van der Waals surface area contributed by atoms with Gasteiger partial charge in [-0.3, -0.25) is 4.79 Å². The second-order valence-electron chi connectivity index (χ2n) is 5.48. The summed E-state index contributed by atoms with van der Waals surface area (Å²) in [5.74, 6) is 0.516. The molecule has 1 amide bonds. The normalized spacial score (nSPS) is 14.6. The second kappa shape index (κ2) is 6.62. The summed E-state index contributed by atoms with van der Waals surface area (Å²) in [5, 5.41) is 10.6. The van der Waals surface area contributed by atoms with Crippen molar-refractivity contribution in [2.75, 3.05) is 19.6 Å². The first-order valence-electron chi connectivity index (χ1n) is 7.50. The molecule has 0 atom stereocenters. The first-order valence-corrected chi connectivity index (χ1v) is 8.30. The van der Waals surface area contributed by atoms with Crippen molar-refractivity contribution < 1.29 is 4.79 Å². The van der Waals surface area contributed by atoms with E-state index in [9.17, 15) is 4.79 Å². The smallest absolute Gasteiger partial charge is 0.254 e.